The third-order valence-electron chi connectivity index (χ3n) is 4.52. The van der Waals surface area contributed by atoms with Crippen molar-refractivity contribution in [3.63, 3.8) is 0 Å². The normalized spacial score (nSPS) is 10.4. The van der Waals surface area contributed by atoms with Crippen molar-refractivity contribution in [1.82, 2.24) is 4.98 Å². The van der Waals surface area contributed by atoms with E-state index in [1.807, 2.05) is 37.3 Å². The van der Waals surface area contributed by atoms with E-state index in [-0.39, 0.29) is 5.91 Å². The van der Waals surface area contributed by atoms with Crippen LogP contribution in [0.5, 0.6) is 5.75 Å². The average Bonchev–Trinajstić information content (AvgIpc) is 2.69. The zero-order valence-corrected chi connectivity index (χ0v) is 16.7. The van der Waals surface area contributed by atoms with Crippen molar-refractivity contribution in [2.75, 3.05) is 23.9 Å². The lowest BCUT2D eigenvalue weighted by Gasteiger charge is -2.23. The highest BCUT2D eigenvalue weighted by molar-refractivity contribution is 6.03. The zero-order chi connectivity index (χ0) is 20.1. The van der Waals surface area contributed by atoms with E-state index in [4.69, 9.17) is 4.74 Å². The first-order chi connectivity index (χ1) is 13.5. The summed E-state index contributed by atoms with van der Waals surface area (Å²) in [5.41, 5.74) is 5.27. The molecule has 5 nitrogen and oxygen atoms in total. The number of aromatic nitrogens is 1. The monoisotopic (exact) mass is 375 g/mol. The van der Waals surface area contributed by atoms with Crippen LogP contribution in [0.25, 0.3) is 0 Å². The highest BCUT2D eigenvalue weighted by atomic mass is 16.5. The predicted molar refractivity (Wildman–Crippen MR) is 114 cm³/mol. The smallest absolute Gasteiger partial charge is 0.274 e. The maximum Gasteiger partial charge on any atom is 0.274 e. The number of nitrogens with zero attached hydrogens (tertiary/aromatic N) is 2. The Hall–Kier alpha value is -3.34. The van der Waals surface area contributed by atoms with Gasteiger partial charge in [0.15, 0.2) is 0 Å². The Balaban J connectivity index is 1.80. The minimum Gasteiger partial charge on any atom is -0.495 e. The Morgan fingerprint density at radius 2 is 1.82 bits per heavy atom. The molecule has 0 spiro atoms. The highest BCUT2D eigenvalue weighted by Crippen LogP contribution is 2.27. The van der Waals surface area contributed by atoms with Crippen LogP contribution in [0.2, 0.25) is 0 Å². The van der Waals surface area contributed by atoms with E-state index in [1.54, 1.807) is 19.4 Å². The Kier molecular flexibility index (Phi) is 5.94. The van der Waals surface area contributed by atoms with Crippen LogP contribution >= 0.6 is 0 Å². The molecule has 0 saturated heterocycles. The summed E-state index contributed by atoms with van der Waals surface area (Å²) in [5.74, 6) is 0.348. The van der Waals surface area contributed by atoms with Crippen LogP contribution in [-0.4, -0.2) is 24.5 Å². The van der Waals surface area contributed by atoms with E-state index < -0.39 is 0 Å². The van der Waals surface area contributed by atoms with Gasteiger partial charge in [0.05, 0.1) is 24.7 Å². The lowest BCUT2D eigenvalue weighted by atomic mass is 10.2. The second kappa shape index (κ2) is 8.57. The first kappa shape index (κ1) is 19.4. The molecule has 1 aromatic heterocycles. The molecule has 1 N–H and O–H groups in total. The topological polar surface area (TPSA) is 54.5 Å². The van der Waals surface area contributed by atoms with E-state index in [1.165, 1.54) is 5.56 Å². The number of ether oxygens (including phenoxy) is 1. The predicted octanol–water partition coefficient (Wildman–Crippen LogP) is 5.12. The molecule has 144 valence electrons. The molecule has 0 aliphatic carbocycles. The fourth-order valence-corrected chi connectivity index (χ4v) is 3.10. The van der Waals surface area contributed by atoms with E-state index in [0.717, 1.165) is 23.5 Å². The van der Waals surface area contributed by atoms with Crippen LogP contribution in [0.1, 0.15) is 28.5 Å². The molecule has 28 heavy (non-hydrogen) atoms. The number of anilines is 3. The standard InChI is InChI=1S/C23H25N3O2/c1-5-26(18-8-6-7-16(2)13-18)19-10-11-20(24-15-19)23(27)25-21-14-17(3)9-12-22(21)28-4/h6-15H,5H2,1-4H3,(H,25,27). The SMILES string of the molecule is CCN(c1ccc(C(=O)Nc2cc(C)ccc2OC)nc1)c1cccc(C)c1. The van der Waals surface area contributed by atoms with Crippen molar-refractivity contribution < 1.29 is 9.53 Å². The lowest BCUT2D eigenvalue weighted by molar-refractivity contribution is 0.102. The molecule has 5 heteroatoms. The minimum absolute atomic E-state index is 0.269. The fraction of sp³-hybridized carbons (Fsp3) is 0.217. The van der Waals surface area contributed by atoms with Crippen LogP contribution in [-0.2, 0) is 0 Å². The summed E-state index contributed by atoms with van der Waals surface area (Å²) >= 11 is 0. The van der Waals surface area contributed by atoms with Crippen molar-refractivity contribution in [1.29, 1.82) is 0 Å². The summed E-state index contributed by atoms with van der Waals surface area (Å²) in [6, 6.07) is 17.6. The summed E-state index contributed by atoms with van der Waals surface area (Å²) in [4.78, 5) is 19.1. The van der Waals surface area contributed by atoms with Gasteiger partial charge in [-0.15, -0.1) is 0 Å². The van der Waals surface area contributed by atoms with Gasteiger partial charge in [-0.05, 0) is 68.3 Å². The van der Waals surface area contributed by atoms with Crippen molar-refractivity contribution in [3.05, 3.63) is 77.6 Å². The summed E-state index contributed by atoms with van der Waals surface area (Å²) in [7, 11) is 1.58. The van der Waals surface area contributed by atoms with Crippen LogP contribution in [0.3, 0.4) is 0 Å². The van der Waals surface area contributed by atoms with E-state index in [9.17, 15) is 4.79 Å². The van der Waals surface area contributed by atoms with Gasteiger partial charge in [-0.3, -0.25) is 4.79 Å². The molecule has 0 bridgehead atoms. The highest BCUT2D eigenvalue weighted by Gasteiger charge is 2.13. The van der Waals surface area contributed by atoms with Gasteiger partial charge in [0, 0.05) is 12.2 Å². The van der Waals surface area contributed by atoms with Crippen LogP contribution < -0.4 is 15.0 Å². The van der Waals surface area contributed by atoms with Crippen LogP contribution in [0, 0.1) is 13.8 Å². The fourth-order valence-electron chi connectivity index (χ4n) is 3.10. The number of carbonyl (C=O) groups excluding carboxylic acids is 1. The van der Waals surface area contributed by atoms with Crippen LogP contribution in [0.15, 0.2) is 60.8 Å². The Morgan fingerprint density at radius 3 is 2.46 bits per heavy atom. The number of benzene rings is 2. The molecular formula is C23H25N3O2. The first-order valence-corrected chi connectivity index (χ1v) is 9.28. The molecule has 0 radical (unpaired) electrons. The minimum atomic E-state index is -0.269. The summed E-state index contributed by atoms with van der Waals surface area (Å²) in [5, 5.41) is 2.88. The molecule has 0 atom stereocenters. The van der Waals surface area contributed by atoms with Crippen molar-refractivity contribution in [2.24, 2.45) is 0 Å². The Bertz CT molecular complexity index is 968. The third-order valence-corrected chi connectivity index (χ3v) is 4.52. The molecule has 0 unspecified atom stereocenters. The van der Waals surface area contributed by atoms with Gasteiger partial charge >= 0.3 is 0 Å². The summed E-state index contributed by atoms with van der Waals surface area (Å²) in [6.07, 6.45) is 1.73. The van der Waals surface area contributed by atoms with Gasteiger partial charge in [0.25, 0.3) is 5.91 Å². The number of carbonyl (C=O) groups is 1. The van der Waals surface area contributed by atoms with E-state index in [0.29, 0.717) is 17.1 Å². The van der Waals surface area contributed by atoms with Crippen molar-refractivity contribution in [3.8, 4) is 5.75 Å². The van der Waals surface area contributed by atoms with Gasteiger partial charge in [-0.2, -0.15) is 0 Å². The van der Waals surface area contributed by atoms with E-state index in [2.05, 4.69) is 47.2 Å². The number of hydrogen-bond donors (Lipinski definition) is 1. The van der Waals surface area contributed by atoms with Crippen molar-refractivity contribution in [2.45, 2.75) is 20.8 Å². The van der Waals surface area contributed by atoms with Gasteiger partial charge in [-0.25, -0.2) is 4.98 Å². The van der Waals surface area contributed by atoms with Crippen molar-refractivity contribution >= 4 is 23.0 Å². The summed E-state index contributed by atoms with van der Waals surface area (Å²) in [6.45, 7) is 6.93. The molecule has 3 aromatic rings. The molecule has 3 rings (SSSR count). The number of rotatable bonds is 6. The molecule has 0 fully saturated rings. The molecule has 0 aliphatic heterocycles. The molecule has 2 aromatic carbocycles. The maximum atomic E-state index is 12.6. The summed E-state index contributed by atoms with van der Waals surface area (Å²) < 4.78 is 5.32. The second-order valence-electron chi connectivity index (χ2n) is 6.64. The number of methoxy groups -OCH3 is 1. The molecule has 0 aliphatic rings. The van der Waals surface area contributed by atoms with Gasteiger partial charge in [0.1, 0.15) is 11.4 Å². The Labute approximate surface area is 166 Å². The third kappa shape index (κ3) is 4.31. The number of aryl methyl sites for hydroxylation is 2. The quantitative estimate of drug-likeness (QED) is 0.650. The lowest BCUT2D eigenvalue weighted by Crippen LogP contribution is -2.18. The van der Waals surface area contributed by atoms with Gasteiger partial charge in [0.2, 0.25) is 0 Å². The van der Waals surface area contributed by atoms with E-state index >= 15 is 0 Å². The van der Waals surface area contributed by atoms with Gasteiger partial charge < -0.3 is 15.0 Å². The molecular weight excluding hydrogens is 350 g/mol. The molecule has 0 saturated carbocycles. The maximum absolute atomic E-state index is 12.6. The molecule has 1 heterocycles. The van der Waals surface area contributed by atoms with Gasteiger partial charge in [-0.1, -0.05) is 18.2 Å². The number of nitrogens with one attached hydrogen (secondary N) is 1. The Morgan fingerprint density at radius 1 is 1.04 bits per heavy atom. The number of hydrogen-bond acceptors (Lipinski definition) is 4. The zero-order valence-electron chi connectivity index (χ0n) is 16.7. The second-order valence-corrected chi connectivity index (χ2v) is 6.64. The number of amides is 1. The molecule has 1 amide bonds. The largest absolute Gasteiger partial charge is 0.495 e. The van der Waals surface area contributed by atoms with Crippen LogP contribution in [0.4, 0.5) is 17.1 Å². The average molecular weight is 375 g/mol. The first-order valence-electron chi connectivity index (χ1n) is 9.28. The number of pyridine rings is 1.